The first-order valence-electron chi connectivity index (χ1n) is 5.72. The molecule has 0 aliphatic carbocycles. The SMILES string of the molecule is CCN(c1ccnc(C(=O)O)c1)S(=O)(=O)c1cccs1. The average molecular weight is 312 g/mol. The lowest BCUT2D eigenvalue weighted by molar-refractivity contribution is 0.0690. The molecule has 2 rings (SSSR count). The highest BCUT2D eigenvalue weighted by molar-refractivity contribution is 7.94. The van der Waals surface area contributed by atoms with Gasteiger partial charge in [0.05, 0.1) is 5.69 Å². The molecule has 0 saturated carbocycles. The molecule has 0 saturated heterocycles. The molecular weight excluding hydrogens is 300 g/mol. The molecule has 0 aromatic carbocycles. The first kappa shape index (κ1) is 14.5. The Morgan fingerprint density at radius 1 is 1.45 bits per heavy atom. The summed E-state index contributed by atoms with van der Waals surface area (Å²) in [5.41, 5.74) is 0.0932. The highest BCUT2D eigenvalue weighted by Gasteiger charge is 2.25. The van der Waals surface area contributed by atoms with Gasteiger partial charge in [0.1, 0.15) is 9.90 Å². The van der Waals surface area contributed by atoms with Crippen LogP contribution in [0.1, 0.15) is 17.4 Å². The Hall–Kier alpha value is -1.93. The van der Waals surface area contributed by atoms with E-state index in [4.69, 9.17) is 5.11 Å². The van der Waals surface area contributed by atoms with Crippen molar-refractivity contribution in [1.82, 2.24) is 4.98 Å². The lowest BCUT2D eigenvalue weighted by Crippen LogP contribution is -2.30. The van der Waals surface area contributed by atoms with Crippen molar-refractivity contribution in [2.24, 2.45) is 0 Å². The van der Waals surface area contributed by atoms with Crippen molar-refractivity contribution in [1.29, 1.82) is 0 Å². The Balaban J connectivity index is 2.48. The number of thiophene rings is 1. The smallest absolute Gasteiger partial charge is 0.354 e. The van der Waals surface area contributed by atoms with E-state index >= 15 is 0 Å². The van der Waals surface area contributed by atoms with Crippen molar-refractivity contribution in [2.45, 2.75) is 11.1 Å². The number of nitrogens with zero attached hydrogens (tertiary/aromatic N) is 2. The second kappa shape index (κ2) is 5.59. The third-order valence-corrected chi connectivity index (χ3v) is 5.85. The van der Waals surface area contributed by atoms with Crippen LogP contribution in [0.3, 0.4) is 0 Å². The van der Waals surface area contributed by atoms with Gasteiger partial charge in [-0.25, -0.2) is 18.2 Å². The summed E-state index contributed by atoms with van der Waals surface area (Å²) < 4.78 is 26.3. The van der Waals surface area contributed by atoms with Gasteiger partial charge in [-0.2, -0.15) is 0 Å². The molecule has 0 spiro atoms. The number of rotatable bonds is 5. The van der Waals surface area contributed by atoms with E-state index < -0.39 is 16.0 Å². The second-order valence-corrected chi connectivity index (χ2v) is 6.84. The quantitative estimate of drug-likeness (QED) is 0.913. The molecular formula is C12H12N2O4S2. The van der Waals surface area contributed by atoms with E-state index in [1.807, 2.05) is 0 Å². The molecule has 1 N–H and O–H groups in total. The molecule has 2 heterocycles. The van der Waals surface area contributed by atoms with Gasteiger partial charge in [0, 0.05) is 12.7 Å². The molecule has 2 aromatic rings. The Bertz CT molecular complexity index is 711. The zero-order chi connectivity index (χ0) is 14.8. The van der Waals surface area contributed by atoms with Crippen molar-refractivity contribution < 1.29 is 18.3 Å². The summed E-state index contributed by atoms with van der Waals surface area (Å²) in [5, 5.41) is 10.6. The molecule has 0 amide bonds. The summed E-state index contributed by atoms with van der Waals surface area (Å²) in [6.45, 7) is 1.88. The zero-order valence-corrected chi connectivity index (χ0v) is 12.2. The number of carbonyl (C=O) groups is 1. The number of anilines is 1. The van der Waals surface area contributed by atoms with Crippen LogP contribution in [0.4, 0.5) is 5.69 Å². The van der Waals surface area contributed by atoms with Crippen molar-refractivity contribution in [2.75, 3.05) is 10.8 Å². The van der Waals surface area contributed by atoms with Crippen LogP contribution in [0.25, 0.3) is 0 Å². The van der Waals surface area contributed by atoms with Crippen LogP contribution in [-0.4, -0.2) is 31.0 Å². The van der Waals surface area contributed by atoms with Crippen LogP contribution in [0.15, 0.2) is 40.1 Å². The number of carboxylic acid groups (broad SMARTS) is 1. The van der Waals surface area contributed by atoms with Gasteiger partial charge in [-0.15, -0.1) is 11.3 Å². The van der Waals surface area contributed by atoms with Gasteiger partial charge in [0.25, 0.3) is 10.0 Å². The minimum atomic E-state index is -3.67. The summed E-state index contributed by atoms with van der Waals surface area (Å²) in [4.78, 5) is 14.6. The molecule has 2 aromatic heterocycles. The predicted molar refractivity (Wildman–Crippen MR) is 75.7 cm³/mol. The van der Waals surface area contributed by atoms with E-state index in [0.717, 1.165) is 15.6 Å². The van der Waals surface area contributed by atoms with Crippen molar-refractivity contribution in [3.05, 3.63) is 41.5 Å². The maximum Gasteiger partial charge on any atom is 0.354 e. The van der Waals surface area contributed by atoms with Crippen LogP contribution in [0.5, 0.6) is 0 Å². The predicted octanol–water partition coefficient (Wildman–Crippen LogP) is 2.06. The molecule has 0 atom stereocenters. The Kier molecular flexibility index (Phi) is 4.05. The third kappa shape index (κ3) is 2.66. The number of pyridine rings is 1. The molecule has 106 valence electrons. The summed E-state index contributed by atoms with van der Waals surface area (Å²) in [6.07, 6.45) is 1.28. The van der Waals surface area contributed by atoms with Crippen molar-refractivity contribution in [3.8, 4) is 0 Å². The molecule has 6 nitrogen and oxygen atoms in total. The fourth-order valence-corrected chi connectivity index (χ4v) is 4.27. The van der Waals surface area contributed by atoms with Crippen LogP contribution < -0.4 is 4.31 Å². The standard InChI is InChI=1S/C12H12N2O4S2/c1-2-14(20(17,18)11-4-3-7-19-11)9-5-6-13-10(8-9)12(15)16/h3-8H,2H2,1H3,(H,15,16). The lowest BCUT2D eigenvalue weighted by atomic mass is 10.3. The molecule has 0 fully saturated rings. The van der Waals surface area contributed by atoms with Crippen LogP contribution in [-0.2, 0) is 10.0 Å². The normalized spacial score (nSPS) is 11.2. The fourth-order valence-electron chi connectivity index (χ4n) is 1.70. The number of hydrogen-bond acceptors (Lipinski definition) is 5. The number of aromatic nitrogens is 1. The fraction of sp³-hybridized carbons (Fsp3) is 0.167. The lowest BCUT2D eigenvalue weighted by Gasteiger charge is -2.22. The van der Waals surface area contributed by atoms with Gasteiger partial charge in [-0.1, -0.05) is 6.07 Å². The van der Waals surface area contributed by atoms with E-state index in [1.54, 1.807) is 18.4 Å². The highest BCUT2D eigenvalue weighted by atomic mass is 32.2. The Labute approximate surface area is 120 Å². The van der Waals surface area contributed by atoms with E-state index in [-0.39, 0.29) is 22.1 Å². The van der Waals surface area contributed by atoms with E-state index in [1.165, 1.54) is 24.4 Å². The van der Waals surface area contributed by atoms with Gasteiger partial charge in [0.15, 0.2) is 0 Å². The first-order valence-corrected chi connectivity index (χ1v) is 8.04. The zero-order valence-electron chi connectivity index (χ0n) is 10.6. The summed E-state index contributed by atoms with van der Waals surface area (Å²) in [6, 6.07) is 5.89. The number of carboxylic acids is 1. The van der Waals surface area contributed by atoms with Crippen molar-refractivity contribution >= 4 is 33.0 Å². The maximum atomic E-state index is 12.5. The molecule has 0 unspecified atom stereocenters. The van der Waals surface area contributed by atoms with E-state index in [0.29, 0.717) is 0 Å². The highest BCUT2D eigenvalue weighted by Crippen LogP contribution is 2.26. The molecule has 8 heteroatoms. The minimum Gasteiger partial charge on any atom is -0.477 e. The molecule has 0 aliphatic heterocycles. The number of hydrogen-bond donors (Lipinski definition) is 1. The average Bonchev–Trinajstić information content (AvgIpc) is 2.94. The Morgan fingerprint density at radius 2 is 2.20 bits per heavy atom. The first-order chi connectivity index (χ1) is 9.46. The number of aromatic carboxylic acids is 1. The van der Waals surface area contributed by atoms with E-state index in [9.17, 15) is 13.2 Å². The minimum absolute atomic E-state index is 0.192. The summed E-state index contributed by atoms with van der Waals surface area (Å²) >= 11 is 1.12. The van der Waals surface area contributed by atoms with Gasteiger partial charge in [0.2, 0.25) is 0 Å². The molecule has 0 radical (unpaired) electrons. The van der Waals surface area contributed by atoms with Crippen LogP contribution >= 0.6 is 11.3 Å². The number of sulfonamides is 1. The maximum absolute atomic E-state index is 12.5. The topological polar surface area (TPSA) is 87.6 Å². The summed E-state index contributed by atoms with van der Waals surface area (Å²) in [5.74, 6) is -1.20. The molecule has 20 heavy (non-hydrogen) atoms. The van der Waals surface area contributed by atoms with Crippen LogP contribution in [0, 0.1) is 0 Å². The van der Waals surface area contributed by atoms with Gasteiger partial charge >= 0.3 is 5.97 Å². The molecule has 0 aliphatic rings. The van der Waals surface area contributed by atoms with Gasteiger partial charge in [-0.3, -0.25) is 4.31 Å². The second-order valence-electron chi connectivity index (χ2n) is 3.81. The van der Waals surface area contributed by atoms with Gasteiger partial charge < -0.3 is 5.11 Å². The van der Waals surface area contributed by atoms with Crippen LogP contribution in [0.2, 0.25) is 0 Å². The summed E-state index contributed by atoms with van der Waals surface area (Å²) in [7, 11) is -3.67. The third-order valence-electron chi connectivity index (χ3n) is 2.58. The van der Waals surface area contributed by atoms with Gasteiger partial charge in [-0.05, 0) is 30.5 Å². The Morgan fingerprint density at radius 3 is 2.75 bits per heavy atom. The monoisotopic (exact) mass is 312 g/mol. The van der Waals surface area contributed by atoms with Crippen molar-refractivity contribution in [3.63, 3.8) is 0 Å². The van der Waals surface area contributed by atoms with E-state index in [2.05, 4.69) is 4.98 Å². The largest absolute Gasteiger partial charge is 0.477 e. The molecule has 0 bridgehead atoms.